The van der Waals surface area contributed by atoms with Gasteiger partial charge in [0.1, 0.15) is 5.76 Å². The second-order valence-corrected chi connectivity index (χ2v) is 6.39. The minimum atomic E-state index is -0.212. The number of nitrogens with zero attached hydrogens (tertiary/aromatic N) is 4. The van der Waals surface area contributed by atoms with Gasteiger partial charge in [0.05, 0.1) is 18.5 Å². The van der Waals surface area contributed by atoms with Crippen molar-refractivity contribution in [1.29, 1.82) is 0 Å². The molecule has 1 atom stereocenters. The van der Waals surface area contributed by atoms with Gasteiger partial charge in [-0.2, -0.15) is 11.8 Å². The molecule has 1 aliphatic rings. The van der Waals surface area contributed by atoms with Gasteiger partial charge in [0.25, 0.3) is 5.91 Å². The van der Waals surface area contributed by atoms with Crippen LogP contribution in [0.3, 0.4) is 0 Å². The van der Waals surface area contributed by atoms with Gasteiger partial charge in [-0.05, 0) is 12.1 Å². The molecule has 22 heavy (non-hydrogen) atoms. The van der Waals surface area contributed by atoms with Gasteiger partial charge in [0, 0.05) is 38.2 Å². The standard InChI is InChI=1S/C14H19N5O2S/c1-18-10-11(16-17-18)14(20)15-9-12(13-3-2-6-21-13)19-4-7-22-8-5-19/h2-3,6,10,12H,4-5,7-9H2,1H3,(H,15,20). The third kappa shape index (κ3) is 3.50. The molecule has 1 N–H and O–H groups in total. The van der Waals surface area contributed by atoms with Gasteiger partial charge in [0.15, 0.2) is 5.69 Å². The van der Waals surface area contributed by atoms with Gasteiger partial charge in [-0.3, -0.25) is 14.4 Å². The molecule has 1 amide bonds. The van der Waals surface area contributed by atoms with Crippen LogP contribution in [-0.4, -0.2) is 56.9 Å². The topological polar surface area (TPSA) is 76.2 Å². The molecule has 0 radical (unpaired) electrons. The Morgan fingerprint density at radius 3 is 2.95 bits per heavy atom. The summed E-state index contributed by atoms with van der Waals surface area (Å²) < 4.78 is 7.07. The highest BCUT2D eigenvalue weighted by Gasteiger charge is 2.25. The van der Waals surface area contributed by atoms with Gasteiger partial charge in [-0.25, -0.2) is 0 Å². The first-order valence-corrected chi connectivity index (χ1v) is 8.39. The number of thioether (sulfide) groups is 1. The molecule has 118 valence electrons. The first-order chi connectivity index (χ1) is 10.7. The van der Waals surface area contributed by atoms with Crippen molar-refractivity contribution in [3.63, 3.8) is 0 Å². The average Bonchev–Trinajstić information content (AvgIpc) is 3.20. The van der Waals surface area contributed by atoms with E-state index in [2.05, 4.69) is 20.5 Å². The Hall–Kier alpha value is -1.80. The summed E-state index contributed by atoms with van der Waals surface area (Å²) in [6, 6.07) is 3.89. The van der Waals surface area contributed by atoms with Crippen LogP contribution in [0.1, 0.15) is 22.3 Å². The predicted molar refractivity (Wildman–Crippen MR) is 83.7 cm³/mol. The second kappa shape index (κ2) is 6.97. The lowest BCUT2D eigenvalue weighted by Crippen LogP contribution is -2.42. The van der Waals surface area contributed by atoms with Crippen LogP contribution < -0.4 is 5.32 Å². The van der Waals surface area contributed by atoms with Crippen molar-refractivity contribution >= 4 is 17.7 Å². The average molecular weight is 321 g/mol. The molecular weight excluding hydrogens is 302 g/mol. The van der Waals surface area contributed by atoms with Crippen molar-refractivity contribution in [2.75, 3.05) is 31.1 Å². The van der Waals surface area contributed by atoms with Crippen LogP contribution in [0.25, 0.3) is 0 Å². The number of hydrogen-bond donors (Lipinski definition) is 1. The number of carbonyl (C=O) groups excluding carboxylic acids is 1. The first kappa shape index (κ1) is 15.1. The summed E-state index contributed by atoms with van der Waals surface area (Å²) in [7, 11) is 1.74. The van der Waals surface area contributed by atoms with Crippen molar-refractivity contribution in [2.45, 2.75) is 6.04 Å². The van der Waals surface area contributed by atoms with Crippen LogP contribution in [0.4, 0.5) is 0 Å². The third-order valence-corrected chi connectivity index (χ3v) is 4.59. The molecule has 1 fully saturated rings. The van der Waals surface area contributed by atoms with E-state index in [9.17, 15) is 4.79 Å². The quantitative estimate of drug-likeness (QED) is 0.883. The Bertz CT molecular complexity index is 607. The highest BCUT2D eigenvalue weighted by Crippen LogP contribution is 2.24. The fraction of sp³-hybridized carbons (Fsp3) is 0.500. The van der Waals surface area contributed by atoms with Crippen molar-refractivity contribution < 1.29 is 9.21 Å². The number of hydrogen-bond acceptors (Lipinski definition) is 6. The van der Waals surface area contributed by atoms with E-state index in [4.69, 9.17) is 4.42 Å². The maximum atomic E-state index is 12.1. The first-order valence-electron chi connectivity index (χ1n) is 7.24. The summed E-state index contributed by atoms with van der Waals surface area (Å²) >= 11 is 1.96. The van der Waals surface area contributed by atoms with Crippen molar-refractivity contribution in [2.24, 2.45) is 7.05 Å². The molecular formula is C14H19N5O2S. The molecule has 0 spiro atoms. The largest absolute Gasteiger partial charge is 0.468 e. The van der Waals surface area contributed by atoms with Crippen LogP contribution in [0.2, 0.25) is 0 Å². The van der Waals surface area contributed by atoms with Crippen LogP contribution >= 0.6 is 11.8 Å². The fourth-order valence-corrected chi connectivity index (χ4v) is 3.44. The number of amides is 1. The Labute approximate surface area is 133 Å². The summed E-state index contributed by atoms with van der Waals surface area (Å²) in [5.74, 6) is 2.88. The summed E-state index contributed by atoms with van der Waals surface area (Å²) in [6.45, 7) is 2.49. The number of aromatic nitrogens is 3. The fourth-order valence-electron chi connectivity index (χ4n) is 2.51. The van der Waals surface area contributed by atoms with E-state index in [1.165, 1.54) is 4.68 Å². The highest BCUT2D eigenvalue weighted by molar-refractivity contribution is 7.99. The van der Waals surface area contributed by atoms with Crippen LogP contribution in [0.5, 0.6) is 0 Å². The molecule has 0 aliphatic carbocycles. The smallest absolute Gasteiger partial charge is 0.273 e. The van der Waals surface area contributed by atoms with Gasteiger partial charge in [0.2, 0.25) is 0 Å². The van der Waals surface area contributed by atoms with E-state index >= 15 is 0 Å². The third-order valence-electron chi connectivity index (χ3n) is 3.65. The molecule has 7 nitrogen and oxygen atoms in total. The second-order valence-electron chi connectivity index (χ2n) is 5.17. The monoisotopic (exact) mass is 321 g/mol. The van der Waals surface area contributed by atoms with Crippen LogP contribution in [0.15, 0.2) is 29.0 Å². The van der Waals surface area contributed by atoms with Crippen LogP contribution in [0, 0.1) is 0 Å². The van der Waals surface area contributed by atoms with Gasteiger partial charge < -0.3 is 9.73 Å². The zero-order valence-corrected chi connectivity index (χ0v) is 13.3. The highest BCUT2D eigenvalue weighted by atomic mass is 32.2. The van der Waals surface area contributed by atoms with E-state index in [0.29, 0.717) is 12.2 Å². The van der Waals surface area contributed by atoms with E-state index in [1.807, 2.05) is 23.9 Å². The van der Waals surface area contributed by atoms with E-state index < -0.39 is 0 Å². The molecule has 1 saturated heterocycles. The lowest BCUT2D eigenvalue weighted by Gasteiger charge is -2.33. The molecule has 1 unspecified atom stereocenters. The zero-order valence-electron chi connectivity index (χ0n) is 12.4. The van der Waals surface area contributed by atoms with E-state index in [1.54, 1.807) is 19.5 Å². The molecule has 0 bridgehead atoms. The number of nitrogens with one attached hydrogen (secondary N) is 1. The number of rotatable bonds is 5. The molecule has 3 rings (SSSR count). The van der Waals surface area contributed by atoms with Crippen molar-refractivity contribution in [1.82, 2.24) is 25.2 Å². The summed E-state index contributed by atoms with van der Waals surface area (Å²) in [5, 5.41) is 10.5. The van der Waals surface area contributed by atoms with Crippen molar-refractivity contribution in [3.05, 3.63) is 36.0 Å². The molecule has 1 aliphatic heterocycles. The summed E-state index contributed by atoms with van der Waals surface area (Å²) in [6.07, 6.45) is 3.28. The van der Waals surface area contributed by atoms with E-state index in [-0.39, 0.29) is 11.9 Å². The zero-order chi connectivity index (χ0) is 15.4. The molecule has 2 aromatic heterocycles. The minimum Gasteiger partial charge on any atom is -0.468 e. The molecule has 0 saturated carbocycles. The molecule has 3 heterocycles. The molecule has 2 aromatic rings. The van der Waals surface area contributed by atoms with Crippen molar-refractivity contribution in [3.8, 4) is 0 Å². The van der Waals surface area contributed by atoms with Gasteiger partial charge >= 0.3 is 0 Å². The lowest BCUT2D eigenvalue weighted by molar-refractivity contribution is 0.0924. The Morgan fingerprint density at radius 2 is 2.32 bits per heavy atom. The Balaban J connectivity index is 1.66. The maximum Gasteiger partial charge on any atom is 0.273 e. The Morgan fingerprint density at radius 1 is 1.50 bits per heavy atom. The SMILES string of the molecule is Cn1cc(C(=O)NCC(c2ccco2)N2CCSCC2)nn1. The maximum absolute atomic E-state index is 12.1. The minimum absolute atomic E-state index is 0.0523. The predicted octanol–water partition coefficient (Wildman–Crippen LogP) is 0.928. The number of aryl methyl sites for hydroxylation is 1. The van der Waals surface area contributed by atoms with Crippen LogP contribution in [-0.2, 0) is 7.05 Å². The molecule has 8 heteroatoms. The normalized spacial score (nSPS) is 17.3. The number of furan rings is 1. The summed E-state index contributed by atoms with van der Waals surface area (Å²) in [5.41, 5.74) is 0.329. The molecule has 0 aromatic carbocycles. The lowest BCUT2D eigenvalue weighted by atomic mass is 10.1. The van der Waals surface area contributed by atoms with Gasteiger partial charge in [-0.1, -0.05) is 5.21 Å². The number of carbonyl (C=O) groups is 1. The Kier molecular flexibility index (Phi) is 4.79. The van der Waals surface area contributed by atoms with E-state index in [0.717, 1.165) is 30.4 Å². The van der Waals surface area contributed by atoms with Gasteiger partial charge in [-0.15, -0.1) is 5.10 Å². The summed E-state index contributed by atoms with van der Waals surface area (Å²) in [4.78, 5) is 14.5.